The molecule has 1 amide bonds. The number of aromatic nitrogens is 1. The molecule has 0 saturated carbocycles. The molecular weight excluding hydrogens is 363 g/mol. The number of carbonyl (C=O) groups excluding carboxylic acids is 1. The Bertz CT molecular complexity index is 925. The van der Waals surface area contributed by atoms with Crippen molar-refractivity contribution in [2.24, 2.45) is 0 Å². The van der Waals surface area contributed by atoms with E-state index in [2.05, 4.69) is 10.3 Å². The zero-order valence-corrected chi connectivity index (χ0v) is 15.0. The van der Waals surface area contributed by atoms with E-state index >= 15 is 0 Å². The van der Waals surface area contributed by atoms with Crippen LogP contribution in [0.4, 0.5) is 9.52 Å². The SMILES string of the molecule is COc1ccc(-c2nc(NC(=O)c3ccc(F)cc3Cl)sc2C)cc1. The Hall–Kier alpha value is -2.44. The normalized spacial score (nSPS) is 10.6. The lowest BCUT2D eigenvalue weighted by atomic mass is 10.1. The van der Waals surface area contributed by atoms with E-state index in [9.17, 15) is 9.18 Å². The highest BCUT2D eigenvalue weighted by Gasteiger charge is 2.15. The van der Waals surface area contributed by atoms with Crippen LogP contribution < -0.4 is 10.1 Å². The van der Waals surface area contributed by atoms with E-state index in [0.29, 0.717) is 5.13 Å². The number of aryl methyl sites for hydroxylation is 1. The first-order valence-electron chi connectivity index (χ1n) is 7.36. The number of methoxy groups -OCH3 is 1. The monoisotopic (exact) mass is 376 g/mol. The number of hydrogen-bond acceptors (Lipinski definition) is 4. The summed E-state index contributed by atoms with van der Waals surface area (Å²) in [6.07, 6.45) is 0. The van der Waals surface area contributed by atoms with Crippen LogP contribution in [0, 0.1) is 12.7 Å². The smallest absolute Gasteiger partial charge is 0.258 e. The Balaban J connectivity index is 1.83. The average Bonchev–Trinajstić information content (AvgIpc) is 2.95. The van der Waals surface area contributed by atoms with E-state index in [4.69, 9.17) is 16.3 Å². The predicted octanol–water partition coefficient (Wildman–Crippen LogP) is 5.17. The van der Waals surface area contributed by atoms with Gasteiger partial charge in [-0.05, 0) is 49.4 Å². The molecule has 0 unspecified atom stereocenters. The van der Waals surface area contributed by atoms with Crippen LogP contribution in [-0.4, -0.2) is 18.0 Å². The number of anilines is 1. The van der Waals surface area contributed by atoms with Gasteiger partial charge in [0.1, 0.15) is 11.6 Å². The molecule has 25 heavy (non-hydrogen) atoms. The maximum atomic E-state index is 13.1. The van der Waals surface area contributed by atoms with Crippen LogP contribution in [0.1, 0.15) is 15.2 Å². The molecule has 0 atom stereocenters. The lowest BCUT2D eigenvalue weighted by molar-refractivity contribution is 0.102. The van der Waals surface area contributed by atoms with Crippen molar-refractivity contribution in [1.29, 1.82) is 0 Å². The highest BCUT2D eigenvalue weighted by molar-refractivity contribution is 7.16. The van der Waals surface area contributed by atoms with Gasteiger partial charge in [0.05, 0.1) is 23.4 Å². The number of nitrogens with one attached hydrogen (secondary N) is 1. The molecule has 0 saturated heterocycles. The van der Waals surface area contributed by atoms with Gasteiger partial charge in [0.15, 0.2) is 5.13 Å². The van der Waals surface area contributed by atoms with Gasteiger partial charge in [-0.25, -0.2) is 9.37 Å². The number of hydrogen-bond donors (Lipinski definition) is 1. The van der Waals surface area contributed by atoms with Crippen LogP contribution in [0.5, 0.6) is 5.75 Å². The van der Waals surface area contributed by atoms with Crippen molar-refractivity contribution >= 4 is 34.0 Å². The Kier molecular flexibility index (Phi) is 5.01. The molecule has 0 aliphatic rings. The molecule has 1 aromatic heterocycles. The summed E-state index contributed by atoms with van der Waals surface area (Å²) in [7, 11) is 1.61. The van der Waals surface area contributed by atoms with Gasteiger partial charge in [0, 0.05) is 10.4 Å². The molecule has 1 heterocycles. The minimum absolute atomic E-state index is 0.0566. The van der Waals surface area contributed by atoms with Crippen LogP contribution in [0.2, 0.25) is 5.02 Å². The quantitative estimate of drug-likeness (QED) is 0.683. The van der Waals surface area contributed by atoms with E-state index in [1.54, 1.807) is 7.11 Å². The lowest BCUT2D eigenvalue weighted by Crippen LogP contribution is -2.12. The van der Waals surface area contributed by atoms with Gasteiger partial charge >= 0.3 is 0 Å². The fourth-order valence-corrected chi connectivity index (χ4v) is 3.39. The molecule has 3 rings (SSSR count). The molecule has 0 radical (unpaired) electrons. The van der Waals surface area contributed by atoms with Crippen molar-refractivity contribution in [3.63, 3.8) is 0 Å². The van der Waals surface area contributed by atoms with Crippen LogP contribution in [-0.2, 0) is 0 Å². The number of rotatable bonds is 4. The summed E-state index contributed by atoms with van der Waals surface area (Å²) >= 11 is 7.28. The summed E-state index contributed by atoms with van der Waals surface area (Å²) in [4.78, 5) is 17.8. The Morgan fingerprint density at radius 3 is 2.60 bits per heavy atom. The maximum absolute atomic E-state index is 13.1. The molecule has 128 valence electrons. The predicted molar refractivity (Wildman–Crippen MR) is 98.2 cm³/mol. The number of carbonyl (C=O) groups is 1. The molecule has 0 spiro atoms. The van der Waals surface area contributed by atoms with Gasteiger partial charge < -0.3 is 4.74 Å². The molecule has 1 N–H and O–H groups in total. The second-order valence-electron chi connectivity index (χ2n) is 5.23. The second-order valence-corrected chi connectivity index (χ2v) is 6.84. The standard InChI is InChI=1S/C18H14ClFN2O2S/c1-10-16(11-3-6-13(24-2)7-4-11)21-18(25-10)22-17(23)14-8-5-12(20)9-15(14)19/h3-9H,1-2H3,(H,21,22,23). The van der Waals surface area contributed by atoms with Gasteiger partial charge in [-0.2, -0.15) is 0 Å². The van der Waals surface area contributed by atoms with Crippen molar-refractivity contribution in [3.05, 3.63) is 63.7 Å². The van der Waals surface area contributed by atoms with Crippen LogP contribution in [0.25, 0.3) is 11.3 Å². The van der Waals surface area contributed by atoms with Crippen LogP contribution >= 0.6 is 22.9 Å². The minimum Gasteiger partial charge on any atom is -0.497 e. The zero-order valence-electron chi connectivity index (χ0n) is 13.5. The van der Waals surface area contributed by atoms with Gasteiger partial charge in [0.25, 0.3) is 5.91 Å². The first-order chi connectivity index (χ1) is 12.0. The first-order valence-corrected chi connectivity index (χ1v) is 8.55. The van der Waals surface area contributed by atoms with Gasteiger partial charge in [-0.15, -0.1) is 11.3 Å². The van der Waals surface area contributed by atoms with E-state index < -0.39 is 11.7 Å². The van der Waals surface area contributed by atoms with Gasteiger partial charge in [-0.1, -0.05) is 11.6 Å². The summed E-state index contributed by atoms with van der Waals surface area (Å²) in [6.45, 7) is 1.93. The number of halogens is 2. The molecule has 4 nitrogen and oxygen atoms in total. The topological polar surface area (TPSA) is 51.2 Å². The molecule has 0 aliphatic heterocycles. The number of ether oxygens (including phenoxy) is 1. The lowest BCUT2D eigenvalue weighted by Gasteiger charge is -2.04. The summed E-state index contributed by atoms with van der Waals surface area (Å²) in [5.41, 5.74) is 1.91. The summed E-state index contributed by atoms with van der Waals surface area (Å²) in [6, 6.07) is 11.2. The van der Waals surface area contributed by atoms with Crippen molar-refractivity contribution in [2.45, 2.75) is 6.92 Å². The maximum Gasteiger partial charge on any atom is 0.258 e. The molecule has 3 aromatic rings. The van der Waals surface area contributed by atoms with Crippen molar-refractivity contribution in [1.82, 2.24) is 4.98 Å². The third-order valence-electron chi connectivity index (χ3n) is 3.56. The Morgan fingerprint density at radius 2 is 1.96 bits per heavy atom. The second kappa shape index (κ2) is 7.21. The number of thiazole rings is 1. The summed E-state index contributed by atoms with van der Waals surface area (Å²) < 4.78 is 18.2. The third-order valence-corrected chi connectivity index (χ3v) is 4.76. The summed E-state index contributed by atoms with van der Waals surface area (Å²) in [5.74, 6) is -0.162. The largest absolute Gasteiger partial charge is 0.497 e. The number of amides is 1. The molecule has 7 heteroatoms. The van der Waals surface area contributed by atoms with E-state index in [1.807, 2.05) is 31.2 Å². The van der Waals surface area contributed by atoms with Crippen LogP contribution in [0.3, 0.4) is 0 Å². The molecule has 0 aliphatic carbocycles. The van der Waals surface area contributed by atoms with Gasteiger partial charge in [-0.3, -0.25) is 10.1 Å². The van der Waals surface area contributed by atoms with Crippen molar-refractivity contribution in [2.75, 3.05) is 12.4 Å². The summed E-state index contributed by atoms with van der Waals surface area (Å²) in [5, 5.41) is 3.22. The first kappa shape index (κ1) is 17.4. The fraction of sp³-hybridized carbons (Fsp3) is 0.111. The minimum atomic E-state index is -0.492. The third kappa shape index (κ3) is 3.81. The van der Waals surface area contributed by atoms with Crippen molar-refractivity contribution in [3.8, 4) is 17.0 Å². The van der Waals surface area contributed by atoms with Crippen molar-refractivity contribution < 1.29 is 13.9 Å². The molecular formula is C18H14ClFN2O2S. The van der Waals surface area contributed by atoms with E-state index in [-0.39, 0.29) is 10.6 Å². The zero-order chi connectivity index (χ0) is 18.0. The van der Waals surface area contributed by atoms with Crippen LogP contribution in [0.15, 0.2) is 42.5 Å². The molecule has 0 fully saturated rings. The van der Waals surface area contributed by atoms with E-state index in [0.717, 1.165) is 28.0 Å². The number of benzene rings is 2. The van der Waals surface area contributed by atoms with Gasteiger partial charge in [0.2, 0.25) is 0 Å². The molecule has 0 bridgehead atoms. The number of nitrogens with zero attached hydrogens (tertiary/aromatic N) is 1. The Labute approximate surface area is 153 Å². The average molecular weight is 377 g/mol. The fourth-order valence-electron chi connectivity index (χ4n) is 2.30. The highest BCUT2D eigenvalue weighted by atomic mass is 35.5. The van der Waals surface area contributed by atoms with E-state index in [1.165, 1.54) is 23.5 Å². The highest BCUT2D eigenvalue weighted by Crippen LogP contribution is 2.31. The molecule has 2 aromatic carbocycles. The Morgan fingerprint density at radius 1 is 1.24 bits per heavy atom.